The lowest BCUT2D eigenvalue weighted by Crippen LogP contribution is -3.12. The highest BCUT2D eigenvalue weighted by Crippen LogP contribution is 2.22. The van der Waals surface area contributed by atoms with E-state index >= 15 is 0 Å². The first-order chi connectivity index (χ1) is 12.1. The van der Waals surface area contributed by atoms with Gasteiger partial charge in [-0.1, -0.05) is 23.9 Å². The van der Waals surface area contributed by atoms with E-state index in [0.29, 0.717) is 10.8 Å². The molecule has 0 unspecified atom stereocenters. The van der Waals surface area contributed by atoms with Crippen molar-refractivity contribution in [3.05, 3.63) is 30.1 Å². The third kappa shape index (κ3) is 4.71. The van der Waals surface area contributed by atoms with Crippen molar-refractivity contribution in [1.29, 1.82) is 0 Å². The minimum absolute atomic E-state index is 0.0512. The highest BCUT2D eigenvalue weighted by Gasteiger charge is 2.19. The lowest BCUT2D eigenvalue weighted by Gasteiger charge is -2.23. The molecule has 0 aliphatic carbocycles. The molecule has 0 bridgehead atoms. The molecular formula is C16H22N5O3S+. The summed E-state index contributed by atoms with van der Waals surface area (Å²) in [6.45, 7) is 4.30. The van der Waals surface area contributed by atoms with E-state index in [9.17, 15) is 9.90 Å². The number of para-hydroxylation sites is 2. The van der Waals surface area contributed by atoms with Crippen LogP contribution in [0.25, 0.3) is 0 Å². The topological polar surface area (TPSA) is 93.7 Å². The molecule has 0 radical (unpaired) electrons. The molecular weight excluding hydrogens is 342 g/mol. The largest absolute Gasteiger partial charge is 0.506 e. The van der Waals surface area contributed by atoms with Gasteiger partial charge in [0, 0.05) is 7.05 Å². The van der Waals surface area contributed by atoms with Gasteiger partial charge in [0.25, 0.3) is 0 Å². The Bertz CT molecular complexity index is 730. The Morgan fingerprint density at radius 2 is 2.12 bits per heavy atom. The number of anilines is 1. The van der Waals surface area contributed by atoms with Crippen LogP contribution in [0.5, 0.6) is 5.75 Å². The smallest absolute Gasteiger partial charge is 0.234 e. The lowest BCUT2D eigenvalue weighted by atomic mass is 10.3. The summed E-state index contributed by atoms with van der Waals surface area (Å²) in [4.78, 5) is 13.5. The second-order valence-corrected chi connectivity index (χ2v) is 6.79. The van der Waals surface area contributed by atoms with E-state index in [0.717, 1.165) is 38.7 Å². The molecule has 1 saturated heterocycles. The number of ether oxygens (including phenoxy) is 1. The van der Waals surface area contributed by atoms with Gasteiger partial charge in [0.15, 0.2) is 11.0 Å². The number of phenolic OH excluding ortho intramolecular Hbond substituents is 1. The maximum Gasteiger partial charge on any atom is 0.234 e. The standard InChI is InChI=1S/C16H21N5O3S/c1-20-14(10-21-6-8-24-9-7-21)18-19-16(20)25-11-15(23)17-12-4-2-3-5-13(12)22/h2-5,22H,6-11H2,1H3,(H,17,23)/p+1. The van der Waals surface area contributed by atoms with E-state index in [-0.39, 0.29) is 17.4 Å². The number of phenols is 1. The molecule has 0 saturated carbocycles. The summed E-state index contributed by atoms with van der Waals surface area (Å²) in [5, 5.41) is 21.5. The fourth-order valence-electron chi connectivity index (χ4n) is 2.58. The van der Waals surface area contributed by atoms with E-state index in [4.69, 9.17) is 4.74 Å². The number of carbonyl (C=O) groups excluding carboxylic acids is 1. The number of nitrogens with one attached hydrogen (secondary N) is 2. The molecule has 3 rings (SSSR count). The number of amides is 1. The van der Waals surface area contributed by atoms with Crippen molar-refractivity contribution >= 4 is 23.4 Å². The lowest BCUT2D eigenvalue weighted by molar-refractivity contribution is -0.922. The summed E-state index contributed by atoms with van der Waals surface area (Å²) in [6.07, 6.45) is 0. The van der Waals surface area contributed by atoms with Gasteiger partial charge in [0.05, 0.1) is 24.7 Å². The molecule has 1 aliphatic heterocycles. The van der Waals surface area contributed by atoms with Gasteiger partial charge in [-0.05, 0) is 12.1 Å². The van der Waals surface area contributed by atoms with Crippen molar-refractivity contribution in [2.24, 2.45) is 7.05 Å². The molecule has 0 spiro atoms. The summed E-state index contributed by atoms with van der Waals surface area (Å²) in [7, 11) is 1.92. The number of thioether (sulfide) groups is 1. The van der Waals surface area contributed by atoms with Gasteiger partial charge in [-0.25, -0.2) is 0 Å². The Kier molecular flexibility index (Phi) is 5.90. The van der Waals surface area contributed by atoms with Crippen LogP contribution in [0.1, 0.15) is 5.82 Å². The molecule has 3 N–H and O–H groups in total. The second-order valence-electron chi connectivity index (χ2n) is 5.85. The van der Waals surface area contributed by atoms with Crippen LogP contribution in [0.3, 0.4) is 0 Å². The van der Waals surface area contributed by atoms with Crippen molar-refractivity contribution in [2.45, 2.75) is 11.7 Å². The summed E-state index contributed by atoms with van der Waals surface area (Å²) in [6, 6.07) is 6.65. The van der Waals surface area contributed by atoms with E-state index < -0.39 is 0 Å². The summed E-state index contributed by atoms with van der Waals surface area (Å²) in [5.74, 6) is 0.954. The fraction of sp³-hybridized carbons (Fsp3) is 0.438. The Morgan fingerprint density at radius 3 is 2.88 bits per heavy atom. The molecule has 2 heterocycles. The van der Waals surface area contributed by atoms with Crippen LogP contribution >= 0.6 is 11.8 Å². The average Bonchev–Trinajstić information content (AvgIpc) is 2.96. The Morgan fingerprint density at radius 1 is 1.36 bits per heavy atom. The van der Waals surface area contributed by atoms with E-state index in [1.807, 2.05) is 11.6 Å². The molecule has 0 atom stereocenters. The Balaban J connectivity index is 1.53. The first-order valence-corrected chi connectivity index (χ1v) is 9.12. The number of hydrogen-bond acceptors (Lipinski definition) is 6. The molecule has 1 aromatic heterocycles. The molecule has 134 valence electrons. The molecule has 1 amide bonds. The van der Waals surface area contributed by atoms with Crippen LogP contribution in [-0.4, -0.2) is 57.8 Å². The van der Waals surface area contributed by atoms with Gasteiger partial charge in [-0.2, -0.15) is 0 Å². The SMILES string of the molecule is Cn1c(C[NH+]2CCOCC2)nnc1SCC(=O)Nc1ccccc1O. The number of quaternary nitrogens is 1. The van der Waals surface area contributed by atoms with Crippen LogP contribution in [0.4, 0.5) is 5.69 Å². The number of nitrogens with zero attached hydrogens (tertiary/aromatic N) is 3. The summed E-state index contributed by atoms with van der Waals surface area (Å²) < 4.78 is 7.30. The van der Waals surface area contributed by atoms with Gasteiger partial charge in [-0.3, -0.25) is 4.79 Å². The van der Waals surface area contributed by atoms with Crippen molar-refractivity contribution in [3.63, 3.8) is 0 Å². The maximum absolute atomic E-state index is 12.1. The molecule has 9 heteroatoms. The van der Waals surface area contributed by atoms with Gasteiger partial charge >= 0.3 is 0 Å². The Labute approximate surface area is 150 Å². The minimum Gasteiger partial charge on any atom is -0.506 e. The normalized spacial score (nSPS) is 15.2. The van der Waals surface area contributed by atoms with Crippen LogP contribution in [0.15, 0.2) is 29.4 Å². The van der Waals surface area contributed by atoms with Crippen LogP contribution in [-0.2, 0) is 23.1 Å². The highest BCUT2D eigenvalue weighted by molar-refractivity contribution is 7.99. The van der Waals surface area contributed by atoms with E-state index in [1.165, 1.54) is 22.7 Å². The number of benzene rings is 1. The molecule has 8 nitrogen and oxygen atoms in total. The van der Waals surface area contributed by atoms with Crippen LogP contribution in [0, 0.1) is 0 Å². The van der Waals surface area contributed by atoms with Gasteiger partial charge in [0.1, 0.15) is 25.4 Å². The predicted octanol–water partition coefficient (Wildman–Crippen LogP) is -0.333. The third-order valence-electron chi connectivity index (χ3n) is 4.04. The van der Waals surface area contributed by atoms with E-state index in [2.05, 4.69) is 15.5 Å². The molecule has 1 aromatic carbocycles. The van der Waals surface area contributed by atoms with Crippen molar-refractivity contribution in [3.8, 4) is 5.75 Å². The van der Waals surface area contributed by atoms with E-state index in [1.54, 1.807) is 18.2 Å². The zero-order valence-corrected chi connectivity index (χ0v) is 14.9. The monoisotopic (exact) mass is 364 g/mol. The van der Waals surface area contributed by atoms with Gasteiger partial charge in [0.2, 0.25) is 5.91 Å². The molecule has 1 aliphatic rings. The number of rotatable bonds is 6. The summed E-state index contributed by atoms with van der Waals surface area (Å²) in [5.41, 5.74) is 0.405. The first kappa shape index (κ1) is 17.7. The van der Waals surface area contributed by atoms with Crippen LogP contribution < -0.4 is 10.2 Å². The molecule has 1 fully saturated rings. The highest BCUT2D eigenvalue weighted by atomic mass is 32.2. The zero-order chi connectivity index (χ0) is 17.6. The summed E-state index contributed by atoms with van der Waals surface area (Å²) >= 11 is 1.32. The van der Waals surface area contributed by atoms with Crippen molar-refractivity contribution < 1.29 is 19.5 Å². The number of aromatic hydroxyl groups is 1. The number of carbonyl (C=O) groups is 1. The Hall–Kier alpha value is -2.10. The third-order valence-corrected chi connectivity index (χ3v) is 5.06. The predicted molar refractivity (Wildman–Crippen MR) is 93.7 cm³/mol. The maximum atomic E-state index is 12.1. The fourth-order valence-corrected chi connectivity index (χ4v) is 3.31. The number of morpholine rings is 1. The first-order valence-electron chi connectivity index (χ1n) is 8.13. The van der Waals surface area contributed by atoms with Crippen LogP contribution in [0.2, 0.25) is 0 Å². The van der Waals surface area contributed by atoms with Gasteiger partial charge in [-0.15, -0.1) is 10.2 Å². The number of hydrogen-bond donors (Lipinski definition) is 3. The molecule has 2 aromatic rings. The zero-order valence-electron chi connectivity index (χ0n) is 14.1. The second kappa shape index (κ2) is 8.32. The van der Waals surface area contributed by atoms with Gasteiger partial charge < -0.3 is 24.6 Å². The quantitative estimate of drug-likeness (QED) is 0.480. The minimum atomic E-state index is -0.199. The molecule has 25 heavy (non-hydrogen) atoms. The van der Waals surface area contributed by atoms with Crippen molar-refractivity contribution in [1.82, 2.24) is 14.8 Å². The number of aromatic nitrogens is 3. The average molecular weight is 364 g/mol. The van der Waals surface area contributed by atoms with Crippen molar-refractivity contribution in [2.75, 3.05) is 37.4 Å².